The molecule has 4 atom stereocenters. The smallest absolute Gasteiger partial charge is 0.410 e. The Bertz CT molecular complexity index is 686. The largest absolute Gasteiger partial charge is 0.444 e. The van der Waals surface area contributed by atoms with E-state index in [2.05, 4.69) is 11.9 Å². The van der Waals surface area contributed by atoms with Gasteiger partial charge in [0.25, 0.3) is 0 Å². The first-order valence-corrected chi connectivity index (χ1v) is 9.33. The highest BCUT2D eigenvalue weighted by Crippen LogP contribution is 2.85. The van der Waals surface area contributed by atoms with Crippen LogP contribution in [0.5, 0.6) is 0 Å². The highest BCUT2D eigenvalue weighted by atomic mass is 35.5. The van der Waals surface area contributed by atoms with Gasteiger partial charge in [-0.3, -0.25) is 0 Å². The average Bonchev–Trinajstić information content (AvgIpc) is 3.15. The molecule has 3 heterocycles. The van der Waals surface area contributed by atoms with E-state index in [9.17, 15) is 4.79 Å². The monoisotopic (exact) mass is 353 g/mol. The van der Waals surface area contributed by atoms with Gasteiger partial charge >= 0.3 is 6.09 Å². The highest BCUT2D eigenvalue weighted by Gasteiger charge is 2.94. The van der Waals surface area contributed by atoms with Gasteiger partial charge in [0, 0.05) is 12.0 Å². The first kappa shape index (κ1) is 15.5. The fourth-order valence-electron chi connectivity index (χ4n) is 4.12. The number of carbonyl (C=O) groups excluding carboxylic acids is 1. The van der Waals surface area contributed by atoms with Crippen molar-refractivity contribution in [3.63, 3.8) is 0 Å². The number of aromatic nitrogens is 2. The second-order valence-corrected chi connectivity index (χ2v) is 9.05. The van der Waals surface area contributed by atoms with E-state index in [-0.39, 0.29) is 17.6 Å². The first-order valence-electron chi connectivity index (χ1n) is 7.96. The maximum Gasteiger partial charge on any atom is 0.410 e. The number of nitrogens with zero attached hydrogens (tertiary/aromatic N) is 3. The zero-order chi connectivity index (χ0) is 16.6. The first-order chi connectivity index (χ1) is 10.8. The number of hydrogen-bond donors (Lipinski definition) is 0. The van der Waals surface area contributed by atoms with Crippen molar-refractivity contribution in [1.82, 2.24) is 14.9 Å². The fraction of sp³-hybridized carbons (Fsp3) is 0.688. The molecule has 23 heavy (non-hydrogen) atoms. The summed E-state index contributed by atoms with van der Waals surface area (Å²) in [5, 5.41) is 1.21. The molecule has 0 N–H and O–H groups in total. The van der Waals surface area contributed by atoms with Crippen molar-refractivity contribution in [2.45, 2.75) is 49.9 Å². The molecule has 1 aromatic heterocycles. The number of amides is 1. The number of rotatable bonds is 3. The maximum absolute atomic E-state index is 12.4. The minimum Gasteiger partial charge on any atom is -0.444 e. The van der Waals surface area contributed by atoms with Gasteiger partial charge in [-0.2, -0.15) is 0 Å². The quantitative estimate of drug-likeness (QED) is 0.474. The van der Waals surface area contributed by atoms with Crippen molar-refractivity contribution in [2.75, 3.05) is 12.3 Å². The molecule has 2 saturated carbocycles. The van der Waals surface area contributed by atoms with Crippen LogP contribution >= 0.6 is 23.4 Å². The summed E-state index contributed by atoms with van der Waals surface area (Å²) in [4.78, 5) is 23.2. The molecule has 0 aromatic carbocycles. The van der Waals surface area contributed by atoms with Crippen molar-refractivity contribution in [3.05, 3.63) is 16.9 Å². The van der Waals surface area contributed by atoms with Crippen LogP contribution in [-0.2, 0) is 10.2 Å². The fourth-order valence-corrected chi connectivity index (χ4v) is 4.94. The predicted octanol–water partition coefficient (Wildman–Crippen LogP) is 3.36. The summed E-state index contributed by atoms with van der Waals surface area (Å²) in [7, 11) is 0. The Morgan fingerprint density at radius 3 is 2.87 bits per heavy atom. The van der Waals surface area contributed by atoms with E-state index >= 15 is 0 Å². The molecule has 4 fully saturated rings. The standard InChI is InChI=1S/C16H20ClN3O2S/c1-5-23-13-18-9(6-10(17)19-13)16-8-7-20(12(16)11(8)16)14(21)22-15(2,3)4/h6,8,11-12H,5,7H2,1-4H3/t8-,11?,12-,16+/m0/s1. The summed E-state index contributed by atoms with van der Waals surface area (Å²) in [6.07, 6.45) is -0.210. The Hall–Kier alpha value is -1.01. The number of ether oxygens (including phenoxy) is 1. The Morgan fingerprint density at radius 2 is 2.26 bits per heavy atom. The third-order valence-corrected chi connectivity index (χ3v) is 5.88. The molecule has 7 heteroatoms. The van der Waals surface area contributed by atoms with Crippen LogP contribution in [0.3, 0.4) is 0 Å². The Kier molecular flexibility index (Phi) is 3.21. The van der Waals surface area contributed by atoms with Gasteiger partial charge in [-0.25, -0.2) is 14.8 Å². The number of piperidine rings is 1. The summed E-state index contributed by atoms with van der Waals surface area (Å²) < 4.78 is 5.52. The van der Waals surface area contributed by atoms with Gasteiger partial charge in [0.05, 0.1) is 11.7 Å². The summed E-state index contributed by atoms with van der Waals surface area (Å²) >= 11 is 7.76. The lowest BCUT2D eigenvalue weighted by molar-refractivity contribution is 0.0278. The van der Waals surface area contributed by atoms with E-state index in [4.69, 9.17) is 21.3 Å². The average molecular weight is 354 g/mol. The number of hydrogen-bond acceptors (Lipinski definition) is 5. The molecule has 4 aliphatic rings. The van der Waals surface area contributed by atoms with Crippen molar-refractivity contribution in [2.24, 2.45) is 11.8 Å². The van der Waals surface area contributed by atoms with Gasteiger partial charge in [0.1, 0.15) is 10.8 Å². The lowest BCUT2D eigenvalue weighted by Gasteiger charge is -2.24. The molecule has 1 unspecified atom stereocenters. The highest BCUT2D eigenvalue weighted by molar-refractivity contribution is 7.99. The van der Waals surface area contributed by atoms with E-state index in [0.29, 0.717) is 17.0 Å². The van der Waals surface area contributed by atoms with Gasteiger partial charge < -0.3 is 9.64 Å². The maximum atomic E-state index is 12.4. The number of fused-ring (bicyclic) bond motifs is 1. The molecule has 5 nitrogen and oxygen atoms in total. The third kappa shape index (κ3) is 2.18. The Balaban J connectivity index is 1.55. The zero-order valence-electron chi connectivity index (χ0n) is 13.7. The van der Waals surface area contributed by atoms with Gasteiger partial charge in [0.2, 0.25) is 0 Å². The molecule has 2 aliphatic heterocycles. The molecular formula is C16H20ClN3O2S. The van der Waals surface area contributed by atoms with E-state index in [0.717, 1.165) is 23.1 Å². The molecule has 2 aliphatic carbocycles. The lowest BCUT2D eigenvalue weighted by atomic mass is 10.0. The van der Waals surface area contributed by atoms with Gasteiger partial charge in [0.15, 0.2) is 5.16 Å². The molecule has 0 spiro atoms. The zero-order valence-corrected chi connectivity index (χ0v) is 15.2. The van der Waals surface area contributed by atoms with Gasteiger partial charge in [-0.15, -0.1) is 0 Å². The molecule has 0 radical (unpaired) electrons. The van der Waals surface area contributed by atoms with Crippen LogP contribution in [0.1, 0.15) is 33.4 Å². The lowest BCUT2D eigenvalue weighted by Crippen LogP contribution is -2.36. The van der Waals surface area contributed by atoms with Gasteiger partial charge in [-0.05, 0) is 44.4 Å². The summed E-state index contributed by atoms with van der Waals surface area (Å²) in [6.45, 7) is 8.52. The molecule has 2 bridgehead atoms. The van der Waals surface area contributed by atoms with Crippen molar-refractivity contribution in [1.29, 1.82) is 0 Å². The van der Waals surface area contributed by atoms with Crippen LogP contribution in [-0.4, -0.2) is 44.9 Å². The van der Waals surface area contributed by atoms with Crippen molar-refractivity contribution >= 4 is 29.5 Å². The van der Waals surface area contributed by atoms with E-state index in [1.54, 1.807) is 11.8 Å². The number of carbonyl (C=O) groups is 1. The minimum absolute atomic E-state index is 0.0204. The Morgan fingerprint density at radius 1 is 1.52 bits per heavy atom. The topological polar surface area (TPSA) is 55.3 Å². The molecule has 1 aromatic rings. The minimum atomic E-state index is -0.463. The van der Waals surface area contributed by atoms with Crippen LogP contribution in [0.25, 0.3) is 0 Å². The molecule has 1 amide bonds. The predicted molar refractivity (Wildman–Crippen MR) is 88.8 cm³/mol. The van der Waals surface area contributed by atoms with Gasteiger partial charge in [-0.1, -0.05) is 30.3 Å². The summed E-state index contributed by atoms with van der Waals surface area (Å²) in [5.74, 6) is 1.94. The third-order valence-electron chi connectivity index (χ3n) is 4.96. The summed E-state index contributed by atoms with van der Waals surface area (Å²) in [6, 6.07) is 2.10. The van der Waals surface area contributed by atoms with E-state index in [1.165, 1.54) is 0 Å². The molecule has 124 valence electrons. The molecule has 2 saturated heterocycles. The van der Waals surface area contributed by atoms with Crippen LogP contribution in [0.2, 0.25) is 5.15 Å². The summed E-state index contributed by atoms with van der Waals surface area (Å²) in [5.41, 5.74) is 0.557. The molecular weight excluding hydrogens is 334 g/mol. The number of halogens is 1. The molecule has 5 rings (SSSR count). The van der Waals surface area contributed by atoms with Crippen LogP contribution in [0, 0.1) is 11.8 Å². The van der Waals surface area contributed by atoms with E-state index < -0.39 is 5.60 Å². The van der Waals surface area contributed by atoms with E-state index in [1.807, 2.05) is 31.7 Å². The Labute approximate surface area is 145 Å². The van der Waals surface area contributed by atoms with Crippen LogP contribution in [0.15, 0.2) is 11.2 Å². The van der Waals surface area contributed by atoms with Crippen molar-refractivity contribution in [3.8, 4) is 0 Å². The SMILES string of the molecule is CCSc1nc(Cl)cc([C@]23C4[C@@H]2N(C(=O)OC(C)(C)C)C[C@@H]43)n1. The van der Waals surface area contributed by atoms with Crippen LogP contribution in [0.4, 0.5) is 4.79 Å². The number of thioether (sulfide) groups is 1. The van der Waals surface area contributed by atoms with Crippen LogP contribution < -0.4 is 0 Å². The normalized spacial score (nSPS) is 33.4. The second kappa shape index (κ2) is 4.76. The van der Waals surface area contributed by atoms with Crippen molar-refractivity contribution < 1.29 is 9.53 Å². The second-order valence-electron chi connectivity index (χ2n) is 7.43.